The van der Waals surface area contributed by atoms with Crippen LogP contribution >= 0.6 is 0 Å². The molecule has 12 heteroatoms. The number of anilines is 3. The number of morpholine rings is 1. The lowest BCUT2D eigenvalue weighted by Crippen LogP contribution is -2.37. The molecule has 5 aromatic rings. The van der Waals surface area contributed by atoms with Crippen LogP contribution in [0.2, 0.25) is 0 Å². The Hall–Kier alpha value is -5.59. The van der Waals surface area contributed by atoms with Gasteiger partial charge in [-0.2, -0.15) is 0 Å². The van der Waals surface area contributed by atoms with Crippen molar-refractivity contribution in [1.29, 1.82) is 0 Å². The van der Waals surface area contributed by atoms with E-state index in [9.17, 15) is 4.39 Å². The Kier molecular flexibility index (Phi) is 9.31. The molecule has 0 amide bonds. The van der Waals surface area contributed by atoms with Gasteiger partial charge in [0.15, 0.2) is 23.1 Å². The van der Waals surface area contributed by atoms with Crippen LogP contribution in [0, 0.1) is 11.6 Å². The summed E-state index contributed by atoms with van der Waals surface area (Å²) in [4.78, 5) is 15.5. The standard InChI is InChI=1S/C37H34F2N6O4/c1-23-28(24-5-3-6-25(38)17-24)21-41-30-9-10-40-36(35(23)30)44-26-7-8-32(29(39)18-26)49-37-27-19-33(46-2)34(20-31(27)42-22-43-37)48-14-4-11-45-12-15-47-16-13-45/h3,5-10,17-22,41H,1,4,11-16H2,2H3,(H,40,44). The van der Waals surface area contributed by atoms with E-state index in [1.165, 1.54) is 30.6 Å². The van der Waals surface area contributed by atoms with Gasteiger partial charge in [0, 0.05) is 61.0 Å². The molecule has 4 heterocycles. The second-order valence-electron chi connectivity index (χ2n) is 11.5. The molecule has 0 aliphatic carbocycles. The highest BCUT2D eigenvalue weighted by atomic mass is 19.1. The maximum absolute atomic E-state index is 15.5. The molecular weight excluding hydrogens is 630 g/mol. The molecule has 1 saturated heterocycles. The third kappa shape index (κ3) is 7.01. The monoisotopic (exact) mass is 664 g/mol. The highest BCUT2D eigenvalue weighted by Gasteiger charge is 2.22. The molecule has 0 spiro atoms. The van der Waals surface area contributed by atoms with Gasteiger partial charge in [0.1, 0.15) is 18.0 Å². The molecule has 0 radical (unpaired) electrons. The molecule has 7 rings (SSSR count). The minimum atomic E-state index is -0.619. The molecule has 2 aliphatic rings. The van der Waals surface area contributed by atoms with Crippen molar-refractivity contribution in [3.8, 4) is 23.1 Å². The van der Waals surface area contributed by atoms with E-state index in [4.69, 9.17) is 18.9 Å². The van der Waals surface area contributed by atoms with E-state index in [-0.39, 0.29) is 17.4 Å². The Morgan fingerprint density at radius 3 is 2.67 bits per heavy atom. The predicted octanol–water partition coefficient (Wildman–Crippen LogP) is 7.43. The average molecular weight is 665 g/mol. The van der Waals surface area contributed by atoms with Gasteiger partial charge < -0.3 is 29.6 Å². The van der Waals surface area contributed by atoms with Crippen molar-refractivity contribution in [2.24, 2.45) is 0 Å². The van der Waals surface area contributed by atoms with Gasteiger partial charge in [-0.25, -0.2) is 23.7 Å². The zero-order valence-electron chi connectivity index (χ0n) is 26.8. The summed E-state index contributed by atoms with van der Waals surface area (Å²) >= 11 is 0. The number of hydrogen-bond donors (Lipinski definition) is 2. The first kappa shape index (κ1) is 32.0. The molecule has 2 aromatic heterocycles. The van der Waals surface area contributed by atoms with Gasteiger partial charge in [0.25, 0.3) is 0 Å². The Morgan fingerprint density at radius 2 is 1.86 bits per heavy atom. The van der Waals surface area contributed by atoms with Crippen LogP contribution in [0.1, 0.15) is 17.5 Å². The van der Waals surface area contributed by atoms with Crippen molar-refractivity contribution in [3.05, 3.63) is 109 Å². The fourth-order valence-electron chi connectivity index (χ4n) is 5.86. The van der Waals surface area contributed by atoms with Gasteiger partial charge in [-0.05, 0) is 54.0 Å². The van der Waals surface area contributed by atoms with Gasteiger partial charge in [0.05, 0.1) is 43.5 Å². The number of allylic oxidation sites excluding steroid dienone is 2. The van der Waals surface area contributed by atoms with Crippen molar-refractivity contribution >= 4 is 39.2 Å². The molecule has 250 valence electrons. The first-order valence-electron chi connectivity index (χ1n) is 15.9. The van der Waals surface area contributed by atoms with E-state index in [2.05, 4.69) is 37.1 Å². The maximum atomic E-state index is 15.5. The van der Waals surface area contributed by atoms with Crippen LogP contribution in [0.15, 0.2) is 86.0 Å². The third-order valence-corrected chi connectivity index (χ3v) is 8.35. The number of nitrogens with zero attached hydrogens (tertiary/aromatic N) is 4. The highest BCUT2D eigenvalue weighted by molar-refractivity contribution is 6.11. The topological polar surface area (TPSA) is 103 Å². The second kappa shape index (κ2) is 14.3. The smallest absolute Gasteiger partial charge is 0.230 e. The molecule has 0 bridgehead atoms. The van der Waals surface area contributed by atoms with Crippen molar-refractivity contribution < 1.29 is 27.7 Å². The highest BCUT2D eigenvalue weighted by Crippen LogP contribution is 2.42. The SMILES string of the molecule is C=C1C(c2cccc(F)c2)=CNc2ccnc(Nc3ccc(Oc4ncnc5cc(OCCCN6CCOCC6)c(OC)cc45)c(F)c3)c21. The Balaban J connectivity index is 1.06. The molecular formula is C37H34F2N6O4. The van der Waals surface area contributed by atoms with Crippen LogP contribution < -0.4 is 24.8 Å². The van der Waals surface area contributed by atoms with Gasteiger partial charge in [-0.15, -0.1) is 0 Å². The quantitative estimate of drug-likeness (QED) is 0.139. The van der Waals surface area contributed by atoms with E-state index in [1.54, 1.807) is 43.8 Å². The lowest BCUT2D eigenvalue weighted by molar-refractivity contribution is 0.0357. The number of ether oxygens (including phenoxy) is 4. The van der Waals surface area contributed by atoms with E-state index in [0.29, 0.717) is 62.8 Å². The van der Waals surface area contributed by atoms with E-state index in [0.717, 1.165) is 45.0 Å². The molecule has 2 N–H and O–H groups in total. The molecule has 0 unspecified atom stereocenters. The zero-order chi connectivity index (χ0) is 33.7. The largest absolute Gasteiger partial charge is 0.493 e. The van der Waals surface area contributed by atoms with Gasteiger partial charge in [-0.1, -0.05) is 18.7 Å². The summed E-state index contributed by atoms with van der Waals surface area (Å²) in [6.07, 6.45) is 5.62. The van der Waals surface area contributed by atoms with Crippen molar-refractivity contribution in [1.82, 2.24) is 19.9 Å². The maximum Gasteiger partial charge on any atom is 0.230 e. The third-order valence-electron chi connectivity index (χ3n) is 8.35. The molecule has 49 heavy (non-hydrogen) atoms. The minimum Gasteiger partial charge on any atom is -0.493 e. The summed E-state index contributed by atoms with van der Waals surface area (Å²) in [6, 6.07) is 16.1. The fraction of sp³-hybridized carbons (Fsp3) is 0.216. The number of fused-ring (bicyclic) bond motifs is 2. The summed E-state index contributed by atoms with van der Waals surface area (Å²) in [5.41, 5.74) is 4.47. The number of halogens is 2. The number of pyridine rings is 1. The number of nitrogens with one attached hydrogen (secondary N) is 2. The second-order valence-corrected chi connectivity index (χ2v) is 11.5. The lowest BCUT2D eigenvalue weighted by Gasteiger charge is -2.26. The Morgan fingerprint density at radius 1 is 0.980 bits per heavy atom. The summed E-state index contributed by atoms with van der Waals surface area (Å²) in [5.74, 6) is 0.667. The van der Waals surface area contributed by atoms with Crippen LogP contribution in [0.5, 0.6) is 23.1 Å². The van der Waals surface area contributed by atoms with Crippen molar-refractivity contribution in [2.45, 2.75) is 6.42 Å². The molecule has 10 nitrogen and oxygen atoms in total. The fourth-order valence-corrected chi connectivity index (χ4v) is 5.86. The van der Waals surface area contributed by atoms with E-state index >= 15 is 4.39 Å². The van der Waals surface area contributed by atoms with Crippen LogP contribution in [0.4, 0.5) is 26.0 Å². The summed E-state index contributed by atoms with van der Waals surface area (Å²) in [6.45, 7) is 9.07. The average Bonchev–Trinajstić information content (AvgIpc) is 3.11. The van der Waals surface area contributed by atoms with Crippen molar-refractivity contribution in [3.63, 3.8) is 0 Å². The lowest BCUT2D eigenvalue weighted by atomic mass is 9.91. The summed E-state index contributed by atoms with van der Waals surface area (Å²) in [5, 5.41) is 6.96. The number of hydrogen-bond acceptors (Lipinski definition) is 10. The zero-order valence-corrected chi connectivity index (χ0v) is 26.8. The van der Waals surface area contributed by atoms with Crippen LogP contribution in [0.25, 0.3) is 22.0 Å². The van der Waals surface area contributed by atoms with Gasteiger partial charge >= 0.3 is 0 Å². The summed E-state index contributed by atoms with van der Waals surface area (Å²) in [7, 11) is 1.56. The molecule has 3 aromatic carbocycles. The van der Waals surface area contributed by atoms with E-state index in [1.807, 2.05) is 12.1 Å². The van der Waals surface area contributed by atoms with Crippen LogP contribution in [0.3, 0.4) is 0 Å². The summed E-state index contributed by atoms with van der Waals surface area (Å²) < 4.78 is 52.6. The minimum absolute atomic E-state index is 0.0293. The number of rotatable bonds is 11. The number of aromatic nitrogens is 3. The van der Waals surface area contributed by atoms with Crippen molar-refractivity contribution in [2.75, 3.05) is 57.2 Å². The molecule has 0 atom stereocenters. The normalized spacial score (nSPS) is 14.5. The first-order chi connectivity index (χ1) is 24.0. The molecule has 1 fully saturated rings. The van der Waals surface area contributed by atoms with Gasteiger partial charge in [0.2, 0.25) is 5.88 Å². The number of benzene rings is 3. The Labute approximate surface area is 282 Å². The van der Waals surface area contributed by atoms with Crippen LogP contribution in [-0.2, 0) is 4.74 Å². The predicted molar refractivity (Wildman–Crippen MR) is 184 cm³/mol. The van der Waals surface area contributed by atoms with Gasteiger partial charge in [-0.3, -0.25) is 4.90 Å². The number of methoxy groups -OCH3 is 1. The Bertz CT molecular complexity index is 2050. The van der Waals surface area contributed by atoms with E-state index < -0.39 is 5.82 Å². The first-order valence-corrected chi connectivity index (χ1v) is 15.9. The van der Waals surface area contributed by atoms with Crippen LogP contribution in [-0.4, -0.2) is 66.4 Å². The molecule has 0 saturated carbocycles. The molecule has 2 aliphatic heterocycles.